The molecule has 0 aromatic heterocycles. The SMILES string of the molecule is Cc1cc(Br)c(S)c(I)c1. The van der Waals surface area contributed by atoms with Gasteiger partial charge in [0, 0.05) is 12.9 Å². The fourth-order valence-corrected chi connectivity index (χ4v) is 2.55. The maximum Gasteiger partial charge on any atom is 0.0322 e. The summed E-state index contributed by atoms with van der Waals surface area (Å²) in [6, 6.07) is 4.16. The summed E-state index contributed by atoms with van der Waals surface area (Å²) in [4.78, 5) is 1.02. The zero-order valence-corrected chi connectivity index (χ0v) is 10.00. The van der Waals surface area contributed by atoms with E-state index in [9.17, 15) is 0 Å². The van der Waals surface area contributed by atoms with Crippen LogP contribution in [0.25, 0.3) is 0 Å². The van der Waals surface area contributed by atoms with Gasteiger partial charge in [0.05, 0.1) is 0 Å². The van der Waals surface area contributed by atoms with Gasteiger partial charge in [0.1, 0.15) is 0 Å². The monoisotopic (exact) mass is 328 g/mol. The van der Waals surface area contributed by atoms with E-state index in [-0.39, 0.29) is 0 Å². The smallest absolute Gasteiger partial charge is 0.0322 e. The number of rotatable bonds is 0. The van der Waals surface area contributed by atoms with Crippen LogP contribution < -0.4 is 0 Å². The molecule has 1 aromatic carbocycles. The van der Waals surface area contributed by atoms with Crippen molar-refractivity contribution in [2.75, 3.05) is 0 Å². The van der Waals surface area contributed by atoms with Crippen molar-refractivity contribution in [3.8, 4) is 0 Å². The van der Waals surface area contributed by atoms with Crippen molar-refractivity contribution in [3.05, 3.63) is 25.7 Å². The highest BCUT2D eigenvalue weighted by Gasteiger charge is 1.99. The summed E-state index contributed by atoms with van der Waals surface area (Å²) in [5, 5.41) is 0. The van der Waals surface area contributed by atoms with Gasteiger partial charge in [-0.25, -0.2) is 0 Å². The highest BCUT2D eigenvalue weighted by atomic mass is 127. The van der Waals surface area contributed by atoms with E-state index < -0.39 is 0 Å². The molecule has 0 N–H and O–H groups in total. The third-order valence-corrected chi connectivity index (χ3v) is 3.85. The molecule has 1 aromatic rings. The Morgan fingerprint density at radius 3 is 2.60 bits per heavy atom. The Hall–Kier alpha value is 0.780. The van der Waals surface area contributed by atoms with Gasteiger partial charge in [-0.15, -0.1) is 12.6 Å². The van der Waals surface area contributed by atoms with Crippen LogP contribution in [0.15, 0.2) is 21.5 Å². The molecule has 0 aliphatic rings. The molecular weight excluding hydrogens is 323 g/mol. The minimum Gasteiger partial charge on any atom is -0.141 e. The van der Waals surface area contributed by atoms with Crippen LogP contribution in [0.5, 0.6) is 0 Å². The number of halogens is 2. The van der Waals surface area contributed by atoms with Crippen molar-refractivity contribution in [1.29, 1.82) is 0 Å². The maximum absolute atomic E-state index is 4.30. The lowest BCUT2D eigenvalue weighted by Crippen LogP contribution is -1.79. The predicted molar refractivity (Wildman–Crippen MR) is 58.8 cm³/mol. The Morgan fingerprint density at radius 2 is 2.10 bits per heavy atom. The fourth-order valence-electron chi connectivity index (χ4n) is 0.692. The van der Waals surface area contributed by atoms with Gasteiger partial charge in [-0.2, -0.15) is 0 Å². The van der Waals surface area contributed by atoms with Crippen molar-refractivity contribution in [1.82, 2.24) is 0 Å². The largest absolute Gasteiger partial charge is 0.141 e. The summed E-state index contributed by atoms with van der Waals surface area (Å²) in [5.74, 6) is 0. The molecule has 0 aliphatic carbocycles. The number of thiol groups is 1. The quantitative estimate of drug-likeness (QED) is 0.545. The Bertz CT molecular complexity index is 237. The lowest BCUT2D eigenvalue weighted by Gasteiger charge is -2.01. The molecule has 0 saturated heterocycles. The van der Waals surface area contributed by atoms with Gasteiger partial charge in [-0.05, 0) is 63.1 Å². The van der Waals surface area contributed by atoms with Gasteiger partial charge >= 0.3 is 0 Å². The van der Waals surface area contributed by atoms with Crippen LogP contribution in [0.1, 0.15) is 5.56 Å². The normalized spacial score (nSPS) is 10.0. The number of benzene rings is 1. The van der Waals surface area contributed by atoms with Crippen molar-refractivity contribution >= 4 is 51.1 Å². The molecule has 0 spiro atoms. The second-order valence-corrected chi connectivity index (χ2v) is 4.54. The summed E-state index contributed by atoms with van der Waals surface area (Å²) < 4.78 is 2.26. The average molecular weight is 329 g/mol. The third kappa shape index (κ3) is 1.89. The molecule has 10 heavy (non-hydrogen) atoms. The summed E-state index contributed by atoms with van der Waals surface area (Å²) in [6.07, 6.45) is 0. The molecule has 0 aliphatic heterocycles. The summed E-state index contributed by atoms with van der Waals surface area (Å²) in [6.45, 7) is 2.07. The molecular formula is C7H6BrIS. The molecule has 0 amide bonds. The molecule has 1 rings (SSSR count). The molecule has 0 saturated carbocycles. The lowest BCUT2D eigenvalue weighted by molar-refractivity contribution is 1.30. The van der Waals surface area contributed by atoms with Crippen LogP contribution >= 0.6 is 51.1 Å². The zero-order chi connectivity index (χ0) is 7.72. The minimum absolute atomic E-state index is 1.02. The molecule has 0 nitrogen and oxygen atoms in total. The highest BCUT2D eigenvalue weighted by molar-refractivity contribution is 14.1. The van der Waals surface area contributed by atoms with Gasteiger partial charge in [-0.1, -0.05) is 0 Å². The van der Waals surface area contributed by atoms with Crippen LogP contribution in [0.2, 0.25) is 0 Å². The third-order valence-electron chi connectivity index (χ3n) is 1.16. The van der Waals surface area contributed by atoms with E-state index in [0.717, 1.165) is 9.37 Å². The van der Waals surface area contributed by atoms with Crippen molar-refractivity contribution in [3.63, 3.8) is 0 Å². The van der Waals surface area contributed by atoms with Crippen LogP contribution in [0.3, 0.4) is 0 Å². The molecule has 0 fully saturated rings. The number of hydrogen-bond donors (Lipinski definition) is 1. The van der Waals surface area contributed by atoms with Crippen LogP contribution in [-0.4, -0.2) is 0 Å². The topological polar surface area (TPSA) is 0 Å². The Kier molecular flexibility index (Phi) is 3.06. The second-order valence-electron chi connectivity index (χ2n) is 2.08. The molecule has 0 unspecified atom stereocenters. The van der Waals surface area contributed by atoms with Crippen LogP contribution in [-0.2, 0) is 0 Å². The van der Waals surface area contributed by atoms with E-state index in [1.54, 1.807) is 0 Å². The minimum atomic E-state index is 1.02. The molecule has 54 valence electrons. The fraction of sp³-hybridized carbons (Fsp3) is 0.143. The van der Waals surface area contributed by atoms with E-state index in [4.69, 9.17) is 0 Å². The lowest BCUT2D eigenvalue weighted by atomic mass is 10.2. The molecule has 3 heteroatoms. The Morgan fingerprint density at radius 1 is 1.50 bits per heavy atom. The van der Waals surface area contributed by atoms with E-state index in [0.29, 0.717) is 0 Å². The summed E-state index contributed by atoms with van der Waals surface area (Å²) in [7, 11) is 0. The van der Waals surface area contributed by atoms with E-state index >= 15 is 0 Å². The van der Waals surface area contributed by atoms with Crippen LogP contribution in [0.4, 0.5) is 0 Å². The highest BCUT2D eigenvalue weighted by Crippen LogP contribution is 2.26. The standard InChI is InChI=1S/C7H6BrIS/c1-4-2-5(8)7(10)6(9)3-4/h2-3,10H,1H3. The zero-order valence-electron chi connectivity index (χ0n) is 5.36. The van der Waals surface area contributed by atoms with Gasteiger partial charge in [0.2, 0.25) is 0 Å². The van der Waals surface area contributed by atoms with Crippen LogP contribution in [0, 0.1) is 10.5 Å². The first-order valence-electron chi connectivity index (χ1n) is 2.76. The maximum atomic E-state index is 4.30. The Balaban J connectivity index is 3.31. The molecule has 0 bridgehead atoms. The number of aryl methyl sites for hydroxylation is 1. The van der Waals surface area contributed by atoms with Gasteiger partial charge in [0.15, 0.2) is 0 Å². The van der Waals surface area contributed by atoms with E-state index in [1.807, 2.05) is 0 Å². The second kappa shape index (κ2) is 3.45. The number of hydrogen-bond acceptors (Lipinski definition) is 1. The average Bonchev–Trinajstić information content (AvgIpc) is 1.82. The predicted octanol–water partition coefficient (Wildman–Crippen LogP) is 3.65. The first kappa shape index (κ1) is 8.87. The molecule has 0 heterocycles. The first-order chi connectivity index (χ1) is 4.61. The summed E-state index contributed by atoms with van der Waals surface area (Å²) in [5.41, 5.74) is 1.26. The Labute approximate surface area is 88.1 Å². The summed E-state index contributed by atoms with van der Waals surface area (Å²) >= 11 is 9.99. The first-order valence-corrected chi connectivity index (χ1v) is 5.08. The van der Waals surface area contributed by atoms with Gasteiger partial charge in [0.25, 0.3) is 0 Å². The van der Waals surface area contributed by atoms with E-state index in [2.05, 4.69) is 70.2 Å². The van der Waals surface area contributed by atoms with Gasteiger partial charge in [-0.3, -0.25) is 0 Å². The van der Waals surface area contributed by atoms with Crippen molar-refractivity contribution < 1.29 is 0 Å². The van der Waals surface area contributed by atoms with Crippen molar-refractivity contribution in [2.24, 2.45) is 0 Å². The van der Waals surface area contributed by atoms with E-state index in [1.165, 1.54) is 9.13 Å². The molecule has 0 radical (unpaired) electrons. The van der Waals surface area contributed by atoms with Crippen molar-refractivity contribution in [2.45, 2.75) is 11.8 Å². The molecule has 0 atom stereocenters. The van der Waals surface area contributed by atoms with Gasteiger partial charge < -0.3 is 0 Å².